The molecule has 0 saturated carbocycles. The number of rotatable bonds is 4. The molecule has 0 amide bonds. The van der Waals surface area contributed by atoms with Crippen molar-refractivity contribution in [1.82, 2.24) is 0 Å². The van der Waals surface area contributed by atoms with Gasteiger partial charge in [0, 0.05) is 11.0 Å². The molecule has 0 aliphatic heterocycles. The predicted molar refractivity (Wildman–Crippen MR) is 76.5 cm³/mol. The van der Waals surface area contributed by atoms with Crippen molar-refractivity contribution in [2.24, 2.45) is 0 Å². The molecule has 0 fully saturated rings. The van der Waals surface area contributed by atoms with E-state index in [9.17, 15) is 36.5 Å². The zero-order valence-corrected chi connectivity index (χ0v) is 12.7. The fourth-order valence-electron chi connectivity index (χ4n) is 1.76. The number of alkyl halides is 6. The number of halogens is 6. The van der Waals surface area contributed by atoms with Crippen molar-refractivity contribution in [3.8, 4) is 11.5 Å². The van der Waals surface area contributed by atoms with Gasteiger partial charge in [-0.1, -0.05) is 0 Å². The molecular formula is C14H7F6NO3S. The van der Waals surface area contributed by atoms with Crippen LogP contribution < -0.4 is 4.74 Å². The van der Waals surface area contributed by atoms with Crippen LogP contribution >= 0.6 is 11.8 Å². The number of nitro benzene ring substituents is 1. The largest absolute Gasteiger partial charge is 0.450 e. The molecule has 0 heterocycles. The van der Waals surface area contributed by atoms with Gasteiger partial charge >= 0.3 is 17.4 Å². The van der Waals surface area contributed by atoms with Gasteiger partial charge in [0.05, 0.1) is 10.5 Å². The summed E-state index contributed by atoms with van der Waals surface area (Å²) < 4.78 is 79.6. The van der Waals surface area contributed by atoms with Gasteiger partial charge in [-0.05, 0) is 48.2 Å². The number of ether oxygens (including phenoxy) is 1. The minimum atomic E-state index is -4.76. The van der Waals surface area contributed by atoms with Crippen molar-refractivity contribution in [3.05, 3.63) is 58.1 Å². The highest BCUT2D eigenvalue weighted by molar-refractivity contribution is 8.00. The van der Waals surface area contributed by atoms with Gasteiger partial charge in [-0.3, -0.25) is 10.1 Å². The Morgan fingerprint density at radius 1 is 0.960 bits per heavy atom. The van der Waals surface area contributed by atoms with Crippen LogP contribution in [0.25, 0.3) is 0 Å². The summed E-state index contributed by atoms with van der Waals surface area (Å²) in [4.78, 5) is 9.75. The Balaban J connectivity index is 2.26. The van der Waals surface area contributed by atoms with Gasteiger partial charge in [0.15, 0.2) is 0 Å². The maximum atomic E-state index is 12.6. The van der Waals surface area contributed by atoms with Crippen LogP contribution in [0.3, 0.4) is 0 Å². The van der Waals surface area contributed by atoms with Crippen LogP contribution in [0.15, 0.2) is 47.4 Å². The summed E-state index contributed by atoms with van der Waals surface area (Å²) in [5.74, 6) is -0.524. The molecule has 0 aromatic heterocycles. The van der Waals surface area contributed by atoms with Crippen molar-refractivity contribution in [3.63, 3.8) is 0 Å². The summed E-state index contributed by atoms with van der Waals surface area (Å²) in [6.07, 6.45) is -4.76. The predicted octanol–water partition coefficient (Wildman–Crippen LogP) is 6.02. The average molecular weight is 383 g/mol. The lowest BCUT2D eigenvalue weighted by atomic mass is 10.2. The van der Waals surface area contributed by atoms with Gasteiger partial charge < -0.3 is 4.74 Å². The Hall–Kier alpha value is -2.43. The minimum absolute atomic E-state index is 0.0608. The fourth-order valence-corrected chi connectivity index (χ4v) is 2.30. The summed E-state index contributed by atoms with van der Waals surface area (Å²) in [7, 11) is 0. The van der Waals surface area contributed by atoms with Crippen LogP contribution in [-0.2, 0) is 6.18 Å². The number of thioether (sulfide) groups is 1. The Kier molecular flexibility index (Phi) is 5.16. The highest BCUT2D eigenvalue weighted by atomic mass is 32.2. The summed E-state index contributed by atoms with van der Waals surface area (Å²) in [5.41, 5.74) is -6.61. The molecule has 0 bridgehead atoms. The van der Waals surface area contributed by atoms with E-state index in [2.05, 4.69) is 0 Å². The minimum Gasteiger partial charge on any atom is -0.450 e. The van der Waals surface area contributed by atoms with Gasteiger partial charge in [-0.15, -0.1) is 0 Å². The monoisotopic (exact) mass is 383 g/mol. The molecule has 2 aromatic carbocycles. The van der Waals surface area contributed by atoms with E-state index in [1.165, 1.54) is 0 Å². The number of nitrogens with zero attached hydrogens (tertiary/aromatic N) is 1. The third-order valence-corrected chi connectivity index (χ3v) is 3.51. The number of benzene rings is 2. The molecule has 11 heteroatoms. The maximum Gasteiger partial charge on any atom is 0.446 e. The Morgan fingerprint density at radius 2 is 1.56 bits per heavy atom. The third-order valence-electron chi connectivity index (χ3n) is 2.77. The summed E-state index contributed by atoms with van der Waals surface area (Å²) >= 11 is -0.360. The highest BCUT2D eigenvalue weighted by Gasteiger charge is 2.33. The zero-order chi connectivity index (χ0) is 18.8. The average Bonchev–Trinajstić information content (AvgIpc) is 2.47. The molecule has 0 saturated heterocycles. The lowest BCUT2D eigenvalue weighted by Crippen LogP contribution is -2.06. The number of hydrogen-bond donors (Lipinski definition) is 0. The van der Waals surface area contributed by atoms with Gasteiger partial charge in [-0.2, -0.15) is 26.3 Å². The Labute approximate surface area is 140 Å². The van der Waals surface area contributed by atoms with Gasteiger partial charge in [0.25, 0.3) is 0 Å². The molecule has 4 nitrogen and oxygen atoms in total. The molecule has 0 aliphatic carbocycles. The highest BCUT2D eigenvalue weighted by Crippen LogP contribution is 2.40. The second-order valence-corrected chi connectivity index (χ2v) is 5.70. The van der Waals surface area contributed by atoms with E-state index < -0.39 is 33.6 Å². The van der Waals surface area contributed by atoms with Gasteiger partial charge in [0.2, 0.25) is 5.75 Å². The lowest BCUT2D eigenvalue weighted by molar-refractivity contribution is -0.385. The second kappa shape index (κ2) is 6.82. The molecule has 0 N–H and O–H groups in total. The van der Waals surface area contributed by atoms with E-state index >= 15 is 0 Å². The molecular weight excluding hydrogens is 376 g/mol. The molecule has 25 heavy (non-hydrogen) atoms. The van der Waals surface area contributed by atoms with Crippen molar-refractivity contribution in [1.29, 1.82) is 0 Å². The van der Waals surface area contributed by atoms with Gasteiger partial charge in [-0.25, -0.2) is 0 Å². The van der Waals surface area contributed by atoms with E-state index in [1.54, 1.807) is 0 Å². The molecule has 2 aromatic rings. The van der Waals surface area contributed by atoms with Crippen molar-refractivity contribution < 1.29 is 36.0 Å². The van der Waals surface area contributed by atoms with Crippen molar-refractivity contribution in [2.75, 3.05) is 0 Å². The molecule has 134 valence electrons. The topological polar surface area (TPSA) is 52.4 Å². The maximum absolute atomic E-state index is 12.6. The summed E-state index contributed by atoms with van der Waals surface area (Å²) in [5, 5.41) is 10.9. The standard InChI is InChI=1S/C14H7F6NO3S/c15-13(16,17)8-1-6-12(11(7-8)21(22)23)24-9-2-4-10(5-3-9)25-14(18,19)20/h1-7H. The van der Waals surface area contributed by atoms with E-state index in [1.807, 2.05) is 0 Å². The summed E-state index contributed by atoms with van der Waals surface area (Å²) in [6.45, 7) is 0. The quantitative estimate of drug-likeness (QED) is 0.280. The smallest absolute Gasteiger partial charge is 0.446 e. The first-order valence-electron chi connectivity index (χ1n) is 6.35. The van der Waals surface area contributed by atoms with Crippen LogP contribution in [0.2, 0.25) is 0 Å². The molecule has 0 radical (unpaired) electrons. The first-order valence-corrected chi connectivity index (χ1v) is 7.17. The normalized spacial score (nSPS) is 12.1. The molecule has 0 unspecified atom stereocenters. The van der Waals surface area contributed by atoms with E-state index in [0.717, 1.165) is 30.3 Å². The van der Waals surface area contributed by atoms with Gasteiger partial charge in [0.1, 0.15) is 5.75 Å². The van der Waals surface area contributed by atoms with Crippen molar-refractivity contribution >= 4 is 17.4 Å². The molecule has 0 atom stereocenters. The van der Waals surface area contributed by atoms with Crippen LogP contribution in [0.1, 0.15) is 5.56 Å². The fraction of sp³-hybridized carbons (Fsp3) is 0.143. The van der Waals surface area contributed by atoms with Crippen LogP contribution in [0, 0.1) is 10.1 Å². The summed E-state index contributed by atoms with van der Waals surface area (Å²) in [6, 6.07) is 6.09. The Morgan fingerprint density at radius 3 is 2.04 bits per heavy atom. The van der Waals surface area contributed by atoms with Crippen LogP contribution in [0.5, 0.6) is 11.5 Å². The first-order chi connectivity index (χ1) is 11.5. The molecule has 2 rings (SSSR count). The Bertz CT molecular complexity index is 774. The zero-order valence-electron chi connectivity index (χ0n) is 11.9. The number of nitro groups is 1. The molecule has 0 spiro atoms. The van der Waals surface area contributed by atoms with E-state index in [-0.39, 0.29) is 22.4 Å². The van der Waals surface area contributed by atoms with E-state index in [4.69, 9.17) is 4.74 Å². The SMILES string of the molecule is O=[N+]([O-])c1cc(C(F)(F)F)ccc1Oc1ccc(SC(F)(F)F)cc1. The van der Waals surface area contributed by atoms with E-state index in [0.29, 0.717) is 12.1 Å². The van der Waals surface area contributed by atoms with Crippen molar-refractivity contribution in [2.45, 2.75) is 16.6 Å². The van der Waals surface area contributed by atoms with Crippen LogP contribution in [0.4, 0.5) is 32.0 Å². The first kappa shape index (κ1) is 18.9. The van der Waals surface area contributed by atoms with Crippen LogP contribution in [-0.4, -0.2) is 10.4 Å². The second-order valence-electron chi connectivity index (χ2n) is 4.56. The number of hydrogen-bond acceptors (Lipinski definition) is 4. The molecule has 0 aliphatic rings. The lowest BCUT2D eigenvalue weighted by Gasteiger charge is -2.10. The third kappa shape index (κ3) is 5.28.